The Morgan fingerprint density at radius 1 is 1.61 bits per heavy atom. The van der Waals surface area contributed by atoms with Crippen LogP contribution in [0.5, 0.6) is 0 Å². The lowest BCUT2D eigenvalue weighted by Crippen LogP contribution is -2.57. The van der Waals surface area contributed by atoms with E-state index in [-0.39, 0.29) is 5.92 Å². The standard InChI is InChI=1S/C12H16N4O2/c1-3-14-11(17)16-10(8-4-5-8)9(6-13)7(2)15-12(16)18/h8,10H,3-5H2,1-2H3,(H,14,17)(H,15,18). The van der Waals surface area contributed by atoms with Gasteiger partial charge in [0.05, 0.1) is 17.7 Å². The van der Waals surface area contributed by atoms with Gasteiger partial charge in [0, 0.05) is 12.2 Å². The largest absolute Gasteiger partial charge is 0.338 e. The Labute approximate surface area is 106 Å². The Hall–Kier alpha value is -2.03. The van der Waals surface area contributed by atoms with Crippen molar-refractivity contribution < 1.29 is 9.59 Å². The van der Waals surface area contributed by atoms with Crippen LogP contribution in [0.2, 0.25) is 0 Å². The van der Waals surface area contributed by atoms with Crippen LogP contribution in [0.15, 0.2) is 11.3 Å². The summed E-state index contributed by atoms with van der Waals surface area (Å²) in [5.41, 5.74) is 1.04. The van der Waals surface area contributed by atoms with Gasteiger partial charge < -0.3 is 10.6 Å². The second-order valence-electron chi connectivity index (χ2n) is 4.57. The molecule has 1 saturated carbocycles. The molecule has 1 aliphatic heterocycles. The van der Waals surface area contributed by atoms with Gasteiger partial charge in [0.15, 0.2) is 0 Å². The Morgan fingerprint density at radius 3 is 2.78 bits per heavy atom. The summed E-state index contributed by atoms with van der Waals surface area (Å²) >= 11 is 0. The van der Waals surface area contributed by atoms with Crippen molar-refractivity contribution in [2.45, 2.75) is 32.7 Å². The van der Waals surface area contributed by atoms with E-state index in [9.17, 15) is 14.9 Å². The molecular formula is C12H16N4O2. The molecule has 0 bridgehead atoms. The van der Waals surface area contributed by atoms with Crippen molar-refractivity contribution in [3.8, 4) is 6.07 Å². The normalized spacial score (nSPS) is 23.5. The van der Waals surface area contributed by atoms with Gasteiger partial charge in [0.25, 0.3) is 0 Å². The first-order valence-corrected chi connectivity index (χ1v) is 6.09. The molecule has 0 aromatic carbocycles. The molecule has 2 N–H and O–H groups in total. The minimum absolute atomic E-state index is 0.225. The maximum Gasteiger partial charge on any atom is 0.330 e. The zero-order chi connectivity index (χ0) is 13.3. The number of allylic oxidation sites excluding steroid dienone is 1. The number of rotatable bonds is 2. The van der Waals surface area contributed by atoms with Gasteiger partial charge in [-0.1, -0.05) is 0 Å². The monoisotopic (exact) mass is 248 g/mol. The van der Waals surface area contributed by atoms with E-state index in [1.807, 2.05) is 0 Å². The van der Waals surface area contributed by atoms with Crippen molar-refractivity contribution in [1.82, 2.24) is 15.5 Å². The molecule has 1 heterocycles. The molecule has 6 nitrogen and oxygen atoms in total. The highest BCUT2D eigenvalue weighted by molar-refractivity contribution is 5.96. The number of nitrogens with zero attached hydrogens (tertiary/aromatic N) is 2. The lowest BCUT2D eigenvalue weighted by atomic mass is 9.98. The predicted octanol–water partition coefficient (Wildman–Crippen LogP) is 1.32. The summed E-state index contributed by atoms with van der Waals surface area (Å²) in [5.74, 6) is 0.225. The van der Waals surface area contributed by atoms with Gasteiger partial charge >= 0.3 is 12.1 Å². The summed E-state index contributed by atoms with van der Waals surface area (Å²) in [7, 11) is 0. The first-order chi connectivity index (χ1) is 8.60. The van der Waals surface area contributed by atoms with E-state index in [1.165, 1.54) is 0 Å². The first kappa shape index (κ1) is 12.4. The topological polar surface area (TPSA) is 85.2 Å². The van der Waals surface area contributed by atoms with Gasteiger partial charge in [-0.25, -0.2) is 14.5 Å². The summed E-state index contributed by atoms with van der Waals surface area (Å²) in [6, 6.07) is 0.821. The van der Waals surface area contributed by atoms with Crippen molar-refractivity contribution in [2.75, 3.05) is 6.54 Å². The summed E-state index contributed by atoms with van der Waals surface area (Å²) in [5, 5.41) is 14.4. The molecule has 6 heteroatoms. The third kappa shape index (κ3) is 2.04. The molecule has 2 rings (SSSR count). The number of carbonyl (C=O) groups is 2. The fourth-order valence-corrected chi connectivity index (χ4v) is 2.23. The molecule has 0 aromatic heterocycles. The smallest absolute Gasteiger partial charge is 0.330 e. The highest BCUT2D eigenvalue weighted by atomic mass is 16.2. The minimum atomic E-state index is -0.450. The molecule has 0 saturated heterocycles. The van der Waals surface area contributed by atoms with Gasteiger partial charge in [0.2, 0.25) is 0 Å². The van der Waals surface area contributed by atoms with E-state index in [2.05, 4.69) is 16.7 Å². The second kappa shape index (κ2) is 4.69. The summed E-state index contributed by atoms with van der Waals surface area (Å²) in [6.45, 7) is 3.93. The van der Waals surface area contributed by atoms with Gasteiger partial charge in [-0.2, -0.15) is 5.26 Å². The van der Waals surface area contributed by atoms with Crippen LogP contribution in [-0.4, -0.2) is 29.5 Å². The Morgan fingerprint density at radius 2 is 2.28 bits per heavy atom. The maximum atomic E-state index is 11.9. The molecule has 1 atom stereocenters. The predicted molar refractivity (Wildman–Crippen MR) is 64.3 cm³/mol. The maximum absolute atomic E-state index is 11.9. The zero-order valence-electron chi connectivity index (χ0n) is 10.5. The number of nitriles is 1. The highest BCUT2D eigenvalue weighted by Crippen LogP contribution is 2.40. The molecule has 0 spiro atoms. The number of hydrogen-bond donors (Lipinski definition) is 2. The van der Waals surface area contributed by atoms with Crippen LogP contribution < -0.4 is 10.6 Å². The molecule has 1 unspecified atom stereocenters. The van der Waals surface area contributed by atoms with Crippen LogP contribution in [0.4, 0.5) is 9.59 Å². The molecular weight excluding hydrogens is 232 g/mol. The van der Waals surface area contributed by atoms with Crippen molar-refractivity contribution in [3.05, 3.63) is 11.3 Å². The molecule has 4 amide bonds. The van der Waals surface area contributed by atoms with Crippen molar-refractivity contribution >= 4 is 12.1 Å². The Bertz CT molecular complexity index is 459. The summed E-state index contributed by atoms with van der Waals surface area (Å²) in [4.78, 5) is 25.0. The number of hydrogen-bond acceptors (Lipinski definition) is 3. The number of imide groups is 1. The van der Waals surface area contributed by atoms with E-state index in [0.29, 0.717) is 17.8 Å². The van der Waals surface area contributed by atoms with Crippen LogP contribution in [0.3, 0.4) is 0 Å². The van der Waals surface area contributed by atoms with E-state index in [1.54, 1.807) is 13.8 Å². The van der Waals surface area contributed by atoms with Gasteiger partial charge in [-0.15, -0.1) is 0 Å². The first-order valence-electron chi connectivity index (χ1n) is 6.09. The van der Waals surface area contributed by atoms with Crippen LogP contribution in [-0.2, 0) is 0 Å². The summed E-state index contributed by atoms with van der Waals surface area (Å²) < 4.78 is 0. The molecule has 96 valence electrons. The van der Waals surface area contributed by atoms with E-state index < -0.39 is 18.1 Å². The average molecular weight is 248 g/mol. The lowest BCUT2D eigenvalue weighted by Gasteiger charge is -2.34. The van der Waals surface area contributed by atoms with Crippen LogP contribution in [0, 0.1) is 17.2 Å². The van der Waals surface area contributed by atoms with Gasteiger partial charge in [-0.05, 0) is 32.6 Å². The van der Waals surface area contributed by atoms with E-state index >= 15 is 0 Å². The number of amides is 4. The fourth-order valence-electron chi connectivity index (χ4n) is 2.23. The van der Waals surface area contributed by atoms with Gasteiger partial charge in [0.1, 0.15) is 0 Å². The fraction of sp³-hybridized carbons (Fsp3) is 0.583. The third-order valence-electron chi connectivity index (χ3n) is 3.23. The van der Waals surface area contributed by atoms with Crippen molar-refractivity contribution in [1.29, 1.82) is 5.26 Å². The van der Waals surface area contributed by atoms with Crippen LogP contribution in [0.1, 0.15) is 26.7 Å². The number of nitrogens with one attached hydrogen (secondary N) is 2. The molecule has 1 fully saturated rings. The lowest BCUT2D eigenvalue weighted by molar-refractivity contribution is 0.168. The average Bonchev–Trinajstić information content (AvgIpc) is 3.11. The minimum Gasteiger partial charge on any atom is -0.338 e. The molecule has 2 aliphatic rings. The second-order valence-corrected chi connectivity index (χ2v) is 4.57. The molecule has 0 aromatic rings. The number of carbonyl (C=O) groups excluding carboxylic acids is 2. The Kier molecular flexibility index (Phi) is 3.24. The van der Waals surface area contributed by atoms with Gasteiger partial charge in [-0.3, -0.25) is 0 Å². The van der Waals surface area contributed by atoms with E-state index in [4.69, 9.17) is 0 Å². The zero-order valence-corrected chi connectivity index (χ0v) is 10.5. The third-order valence-corrected chi connectivity index (χ3v) is 3.23. The number of urea groups is 2. The van der Waals surface area contributed by atoms with Crippen molar-refractivity contribution in [3.63, 3.8) is 0 Å². The quantitative estimate of drug-likeness (QED) is 0.772. The Balaban J connectivity index is 2.35. The SMILES string of the molecule is CCNC(=O)N1C(=O)NC(C)=C(C#N)C1C1CC1. The highest BCUT2D eigenvalue weighted by Gasteiger charge is 2.46. The molecule has 0 radical (unpaired) electrons. The summed E-state index contributed by atoms with van der Waals surface area (Å²) in [6.07, 6.45) is 1.90. The molecule has 1 aliphatic carbocycles. The molecule has 18 heavy (non-hydrogen) atoms. The van der Waals surface area contributed by atoms with Crippen molar-refractivity contribution in [2.24, 2.45) is 5.92 Å². The van der Waals surface area contributed by atoms with Crippen LogP contribution in [0.25, 0.3) is 0 Å². The van der Waals surface area contributed by atoms with E-state index in [0.717, 1.165) is 17.7 Å². The van der Waals surface area contributed by atoms with Crippen LogP contribution >= 0.6 is 0 Å².